The number of nitrogens with one attached hydrogen (secondary N) is 3. The molecule has 3 heterocycles. The van der Waals surface area contributed by atoms with Crippen LogP contribution in [0.4, 0.5) is 0 Å². The van der Waals surface area contributed by atoms with Crippen LogP contribution in [0.5, 0.6) is 0 Å². The summed E-state index contributed by atoms with van der Waals surface area (Å²) in [7, 11) is 0. The van der Waals surface area contributed by atoms with E-state index in [-0.39, 0.29) is 5.91 Å². The molecule has 2 aliphatic rings. The van der Waals surface area contributed by atoms with Gasteiger partial charge in [0.25, 0.3) is 5.91 Å². The van der Waals surface area contributed by atoms with Crippen LogP contribution in [-0.2, 0) is 0 Å². The normalized spacial score (nSPS) is 21.9. The molecule has 2 aromatic rings. The Morgan fingerprint density at radius 1 is 1.36 bits per heavy atom. The molecule has 6 heteroatoms. The highest BCUT2D eigenvalue weighted by atomic mass is 16.1. The van der Waals surface area contributed by atoms with E-state index in [2.05, 4.69) is 25.6 Å². The van der Waals surface area contributed by atoms with Crippen molar-refractivity contribution < 1.29 is 4.79 Å². The molecule has 0 bridgehead atoms. The van der Waals surface area contributed by atoms with Gasteiger partial charge in [0, 0.05) is 18.7 Å². The molecule has 0 aromatic carbocycles. The largest absolute Gasteiger partial charge is 0.352 e. The van der Waals surface area contributed by atoms with E-state index in [0.717, 1.165) is 25.5 Å². The van der Waals surface area contributed by atoms with Crippen molar-refractivity contribution in [3.05, 3.63) is 23.7 Å². The lowest BCUT2D eigenvalue weighted by Crippen LogP contribution is -2.38. The van der Waals surface area contributed by atoms with Gasteiger partial charge in [0.1, 0.15) is 11.3 Å². The lowest BCUT2D eigenvalue weighted by molar-refractivity contribution is 0.0946. The number of pyridine rings is 1. The Kier molecular flexibility index (Phi) is 3.54. The lowest BCUT2D eigenvalue weighted by Gasteiger charge is -2.22. The van der Waals surface area contributed by atoms with Crippen molar-refractivity contribution >= 4 is 17.1 Å². The highest BCUT2D eigenvalue weighted by Gasteiger charge is 2.28. The maximum Gasteiger partial charge on any atom is 0.253 e. The number of hydrogen-bond acceptors (Lipinski definition) is 4. The summed E-state index contributed by atoms with van der Waals surface area (Å²) in [6.07, 6.45) is 6.39. The maximum atomic E-state index is 12.5. The molecule has 0 spiro atoms. The monoisotopic (exact) mass is 299 g/mol. The molecule has 1 atom stereocenters. The zero-order valence-corrected chi connectivity index (χ0v) is 12.6. The van der Waals surface area contributed by atoms with Crippen molar-refractivity contribution in [3.8, 4) is 0 Å². The number of carbonyl (C=O) groups is 1. The van der Waals surface area contributed by atoms with Gasteiger partial charge >= 0.3 is 0 Å². The predicted octanol–water partition coefficient (Wildman–Crippen LogP) is 1.56. The molecular weight excluding hydrogens is 278 g/mol. The van der Waals surface area contributed by atoms with Crippen LogP contribution >= 0.6 is 0 Å². The summed E-state index contributed by atoms with van der Waals surface area (Å²) in [5.41, 5.74) is 2.04. The maximum absolute atomic E-state index is 12.5. The first-order chi connectivity index (χ1) is 10.8. The Bertz CT molecular complexity index is 685. The van der Waals surface area contributed by atoms with Gasteiger partial charge in [-0.15, -0.1) is 0 Å². The Hall–Kier alpha value is -1.95. The highest BCUT2D eigenvalue weighted by Crippen LogP contribution is 2.39. The second kappa shape index (κ2) is 5.68. The molecular formula is C16H21N5O. The highest BCUT2D eigenvalue weighted by molar-refractivity contribution is 6.04. The molecule has 2 fully saturated rings. The minimum absolute atomic E-state index is 0.0492. The van der Waals surface area contributed by atoms with Crippen molar-refractivity contribution in [2.45, 2.75) is 31.6 Å². The number of H-pyrrole nitrogens is 1. The number of hydrogen-bond donors (Lipinski definition) is 3. The third-order valence-electron chi connectivity index (χ3n) is 4.56. The van der Waals surface area contributed by atoms with E-state index < -0.39 is 0 Å². The number of carbonyl (C=O) groups excluding carboxylic acids is 1. The van der Waals surface area contributed by atoms with E-state index in [4.69, 9.17) is 0 Å². The molecule has 116 valence electrons. The summed E-state index contributed by atoms with van der Waals surface area (Å²) < 4.78 is 0. The minimum atomic E-state index is -0.0492. The van der Waals surface area contributed by atoms with Crippen LogP contribution in [0.25, 0.3) is 11.2 Å². The molecule has 1 amide bonds. The van der Waals surface area contributed by atoms with Crippen LogP contribution < -0.4 is 10.6 Å². The fraction of sp³-hybridized carbons (Fsp3) is 0.562. The Labute approximate surface area is 129 Å². The molecule has 1 aliphatic carbocycles. The Morgan fingerprint density at radius 3 is 3.05 bits per heavy atom. The van der Waals surface area contributed by atoms with Gasteiger partial charge < -0.3 is 15.6 Å². The Balaban J connectivity index is 1.50. The van der Waals surface area contributed by atoms with E-state index in [1.807, 2.05) is 0 Å². The first-order valence-electron chi connectivity index (χ1n) is 8.15. The average Bonchev–Trinajstić information content (AvgIpc) is 3.32. The van der Waals surface area contributed by atoms with Crippen molar-refractivity contribution in [2.75, 3.05) is 19.6 Å². The molecule has 2 aromatic heterocycles. The zero-order chi connectivity index (χ0) is 14.9. The fourth-order valence-corrected chi connectivity index (χ4v) is 3.09. The van der Waals surface area contributed by atoms with Crippen molar-refractivity contribution in [1.82, 2.24) is 25.6 Å². The van der Waals surface area contributed by atoms with Gasteiger partial charge in [0.15, 0.2) is 5.65 Å². The number of nitrogens with zero attached hydrogens (tertiary/aromatic N) is 2. The summed E-state index contributed by atoms with van der Waals surface area (Å²) in [6.45, 7) is 2.79. The Morgan fingerprint density at radius 2 is 2.27 bits per heavy atom. The molecule has 6 nitrogen and oxygen atoms in total. The quantitative estimate of drug-likeness (QED) is 0.800. The third kappa shape index (κ3) is 2.70. The van der Waals surface area contributed by atoms with E-state index in [1.54, 1.807) is 12.3 Å². The number of piperidine rings is 1. The van der Waals surface area contributed by atoms with Gasteiger partial charge in [-0.2, -0.15) is 0 Å². The number of rotatable bonds is 4. The number of amides is 1. The van der Waals surface area contributed by atoms with Crippen LogP contribution in [0, 0.1) is 5.92 Å². The lowest BCUT2D eigenvalue weighted by atomic mass is 10.00. The van der Waals surface area contributed by atoms with Gasteiger partial charge in [-0.3, -0.25) is 4.79 Å². The third-order valence-corrected chi connectivity index (χ3v) is 4.56. The van der Waals surface area contributed by atoms with Crippen LogP contribution in [0.1, 0.15) is 47.8 Å². The van der Waals surface area contributed by atoms with Crippen LogP contribution in [0.15, 0.2) is 12.3 Å². The van der Waals surface area contributed by atoms with Crippen LogP contribution in [-0.4, -0.2) is 40.5 Å². The van der Waals surface area contributed by atoms with Gasteiger partial charge in [0.05, 0.1) is 5.56 Å². The molecule has 0 unspecified atom stereocenters. The predicted molar refractivity (Wildman–Crippen MR) is 83.8 cm³/mol. The topological polar surface area (TPSA) is 82.7 Å². The standard InChI is InChI=1S/C16H21N5O/c22-16(19-9-10-2-1-6-17-8-10)12-5-7-18-15-13(12)20-14(21-15)11-3-4-11/h5,7,10-11,17H,1-4,6,8-9H2,(H,19,22)(H,18,20,21)/t10-/m1/s1. The second-order valence-electron chi connectivity index (χ2n) is 6.37. The number of aromatic amines is 1. The van der Waals surface area contributed by atoms with Crippen LogP contribution in [0.3, 0.4) is 0 Å². The van der Waals surface area contributed by atoms with Crippen molar-refractivity contribution in [1.29, 1.82) is 0 Å². The number of fused-ring (bicyclic) bond motifs is 1. The molecule has 4 rings (SSSR count). The fourth-order valence-electron chi connectivity index (χ4n) is 3.09. The summed E-state index contributed by atoms with van der Waals surface area (Å²) in [6, 6.07) is 1.76. The molecule has 0 radical (unpaired) electrons. The first-order valence-corrected chi connectivity index (χ1v) is 8.15. The summed E-state index contributed by atoms with van der Waals surface area (Å²) in [5.74, 6) is 1.97. The number of aromatic nitrogens is 3. The summed E-state index contributed by atoms with van der Waals surface area (Å²) in [5, 5.41) is 6.43. The second-order valence-corrected chi connectivity index (χ2v) is 6.37. The first kappa shape index (κ1) is 13.7. The van der Waals surface area contributed by atoms with Gasteiger partial charge in [-0.05, 0) is 50.8 Å². The molecule has 22 heavy (non-hydrogen) atoms. The SMILES string of the molecule is O=C(NC[C@@H]1CCCNC1)c1ccnc2[nH]c(C3CC3)nc12. The molecule has 1 saturated heterocycles. The van der Waals surface area contributed by atoms with Gasteiger partial charge in [0.2, 0.25) is 0 Å². The van der Waals surface area contributed by atoms with Gasteiger partial charge in [-0.1, -0.05) is 0 Å². The number of imidazole rings is 1. The van der Waals surface area contributed by atoms with Crippen molar-refractivity contribution in [2.24, 2.45) is 5.92 Å². The van der Waals surface area contributed by atoms with Gasteiger partial charge in [-0.25, -0.2) is 9.97 Å². The van der Waals surface area contributed by atoms with E-state index >= 15 is 0 Å². The molecule has 3 N–H and O–H groups in total. The molecule has 1 saturated carbocycles. The van der Waals surface area contributed by atoms with Crippen LogP contribution in [0.2, 0.25) is 0 Å². The van der Waals surface area contributed by atoms with E-state index in [0.29, 0.717) is 28.6 Å². The van der Waals surface area contributed by atoms with Crippen molar-refractivity contribution in [3.63, 3.8) is 0 Å². The summed E-state index contributed by atoms with van der Waals surface area (Å²) in [4.78, 5) is 24.6. The molecule has 1 aliphatic heterocycles. The summed E-state index contributed by atoms with van der Waals surface area (Å²) >= 11 is 0. The smallest absolute Gasteiger partial charge is 0.253 e. The van der Waals surface area contributed by atoms with E-state index in [1.165, 1.54) is 25.7 Å². The zero-order valence-electron chi connectivity index (χ0n) is 12.6. The minimum Gasteiger partial charge on any atom is -0.352 e. The average molecular weight is 299 g/mol. The van der Waals surface area contributed by atoms with E-state index in [9.17, 15) is 4.79 Å².